The lowest BCUT2D eigenvalue weighted by atomic mass is 10.1. The normalized spacial score (nSPS) is 13.4. The van der Waals surface area contributed by atoms with Crippen molar-refractivity contribution in [2.45, 2.75) is 175 Å². The number of hydrogen-bond donors (Lipinski definition) is 0. The summed E-state index contributed by atoms with van der Waals surface area (Å²) < 4.78 is 16.6. The first-order valence-corrected chi connectivity index (χ1v) is 24.0. The van der Waals surface area contributed by atoms with E-state index in [1.807, 2.05) is 115 Å². The zero-order valence-electron chi connectivity index (χ0n) is 39.1. The van der Waals surface area contributed by atoms with Crippen molar-refractivity contribution >= 4 is 17.9 Å². The minimum atomic E-state index is -0.838. The molecule has 0 saturated carbocycles. The van der Waals surface area contributed by atoms with Gasteiger partial charge in [0.25, 0.3) is 0 Å². The van der Waals surface area contributed by atoms with Gasteiger partial charge in [-0.1, -0.05) is 218 Å². The number of carbonyl (C=O) groups excluding carboxylic acids is 3. The van der Waals surface area contributed by atoms with Crippen LogP contribution >= 0.6 is 0 Å². The number of carbonyl (C=O) groups is 3. The topological polar surface area (TPSA) is 78.9 Å². The number of unbranched alkanes of at least 4 members (excludes halogenated alkanes) is 14. The Morgan fingerprint density at radius 1 is 0.339 bits per heavy atom. The lowest BCUT2D eigenvalue weighted by Crippen LogP contribution is -2.30. The highest BCUT2D eigenvalue weighted by atomic mass is 16.6. The maximum Gasteiger partial charge on any atom is 0.306 e. The van der Waals surface area contributed by atoms with E-state index >= 15 is 0 Å². The van der Waals surface area contributed by atoms with Gasteiger partial charge in [-0.2, -0.15) is 0 Å². The average molecular weight is 853 g/mol. The summed E-state index contributed by atoms with van der Waals surface area (Å²) in [4.78, 5) is 37.8. The quantitative estimate of drug-likeness (QED) is 0.0201. The molecule has 1 unspecified atom stereocenters. The molecule has 0 aromatic rings. The van der Waals surface area contributed by atoms with Crippen LogP contribution in [-0.4, -0.2) is 37.2 Å². The van der Waals surface area contributed by atoms with Crippen LogP contribution in [0.2, 0.25) is 0 Å². The molecule has 0 bridgehead atoms. The van der Waals surface area contributed by atoms with Crippen LogP contribution < -0.4 is 0 Å². The van der Waals surface area contributed by atoms with E-state index in [-0.39, 0.29) is 50.4 Å². The molecule has 6 heteroatoms. The van der Waals surface area contributed by atoms with Crippen molar-refractivity contribution < 1.29 is 28.6 Å². The standard InChI is InChI=1S/C56H84O6/c1-4-7-10-13-16-19-22-25-27-28-29-32-34-37-40-43-46-49-55(58)61-52-53(51-60-54(57)48-45-42-39-36-33-30-24-21-18-15-12-9-6-3)62-56(59)50-47-44-41-38-35-31-26-23-20-17-14-11-8-5-2/h7,9-10,12-13,15-16,18-19,21-22,24-25,27-36,39,53H,4-6,8,11,14,17,20,23,26,37-38,40-52H2,1-3H3/b10-7+,12-9+,16-13+,18-15+,22-19+,24-21+,27-25+,29-28+,33-30+,34-32+,35-31+,39-36+. The van der Waals surface area contributed by atoms with E-state index in [1.54, 1.807) is 0 Å². The second kappa shape index (κ2) is 49.0. The molecule has 62 heavy (non-hydrogen) atoms. The Morgan fingerprint density at radius 3 is 1.10 bits per heavy atom. The van der Waals surface area contributed by atoms with Crippen molar-refractivity contribution in [2.24, 2.45) is 0 Å². The predicted octanol–water partition coefficient (Wildman–Crippen LogP) is 15.7. The minimum absolute atomic E-state index is 0.136. The van der Waals surface area contributed by atoms with Gasteiger partial charge in [-0.15, -0.1) is 0 Å². The van der Waals surface area contributed by atoms with Crippen LogP contribution in [0, 0.1) is 0 Å². The number of esters is 3. The molecule has 0 spiro atoms. The molecule has 0 aliphatic carbocycles. The van der Waals surface area contributed by atoms with Crippen LogP contribution in [0.5, 0.6) is 0 Å². The van der Waals surface area contributed by atoms with Crippen molar-refractivity contribution in [1.29, 1.82) is 0 Å². The maximum atomic E-state index is 12.8. The molecular weight excluding hydrogens is 769 g/mol. The zero-order chi connectivity index (χ0) is 45.1. The fourth-order valence-corrected chi connectivity index (χ4v) is 5.79. The summed E-state index contributed by atoms with van der Waals surface area (Å²) in [5.74, 6) is -1.08. The van der Waals surface area contributed by atoms with E-state index in [1.165, 1.54) is 44.9 Å². The number of rotatable bonds is 40. The molecule has 0 aromatic carbocycles. The van der Waals surface area contributed by atoms with Crippen molar-refractivity contribution in [1.82, 2.24) is 0 Å². The summed E-state index contributed by atoms with van der Waals surface area (Å²) in [7, 11) is 0. The zero-order valence-corrected chi connectivity index (χ0v) is 39.1. The van der Waals surface area contributed by atoms with Crippen molar-refractivity contribution in [3.05, 3.63) is 146 Å². The molecule has 0 amide bonds. The molecule has 0 rings (SSSR count). The van der Waals surface area contributed by atoms with Crippen LogP contribution in [0.15, 0.2) is 146 Å². The van der Waals surface area contributed by atoms with Gasteiger partial charge in [-0.3, -0.25) is 14.4 Å². The molecule has 1 atom stereocenters. The second-order valence-electron chi connectivity index (χ2n) is 15.2. The van der Waals surface area contributed by atoms with Gasteiger partial charge in [-0.05, 0) is 77.0 Å². The fourth-order valence-electron chi connectivity index (χ4n) is 5.79. The number of hydrogen-bond acceptors (Lipinski definition) is 6. The van der Waals surface area contributed by atoms with Gasteiger partial charge >= 0.3 is 17.9 Å². The van der Waals surface area contributed by atoms with Crippen LogP contribution in [0.4, 0.5) is 0 Å². The molecule has 0 aliphatic heterocycles. The molecule has 0 aliphatic rings. The molecule has 0 fully saturated rings. The number of allylic oxidation sites excluding steroid dienone is 24. The van der Waals surface area contributed by atoms with Gasteiger partial charge in [0.2, 0.25) is 0 Å². The lowest BCUT2D eigenvalue weighted by Gasteiger charge is -2.18. The van der Waals surface area contributed by atoms with Gasteiger partial charge in [0.05, 0.1) is 0 Å². The molecule has 344 valence electrons. The SMILES string of the molecule is CC/C=C/C=C/C=C/C=C/C=C/C=C/CCCCCC(=O)OCC(COC(=O)CCC/C=C/C=C/C=C/C=C/C=C/CC)OC(=O)CCCCC/C=C/CCCCCCCCC. The first kappa shape index (κ1) is 57.3. The van der Waals surface area contributed by atoms with E-state index < -0.39 is 6.10 Å². The highest BCUT2D eigenvalue weighted by Gasteiger charge is 2.19. The lowest BCUT2D eigenvalue weighted by molar-refractivity contribution is -0.167. The van der Waals surface area contributed by atoms with Crippen LogP contribution in [-0.2, 0) is 28.6 Å². The number of ether oxygens (including phenoxy) is 3. The largest absolute Gasteiger partial charge is 0.462 e. The monoisotopic (exact) mass is 853 g/mol. The summed E-state index contributed by atoms with van der Waals surface area (Å²) in [6.07, 6.45) is 69.8. The van der Waals surface area contributed by atoms with E-state index in [4.69, 9.17) is 14.2 Å². The smallest absolute Gasteiger partial charge is 0.306 e. The first-order chi connectivity index (χ1) is 30.5. The van der Waals surface area contributed by atoms with E-state index in [2.05, 4.69) is 51.2 Å². The predicted molar refractivity (Wildman–Crippen MR) is 265 cm³/mol. The van der Waals surface area contributed by atoms with Crippen LogP contribution in [0.1, 0.15) is 168 Å². The summed E-state index contributed by atoms with van der Waals surface area (Å²) in [5.41, 5.74) is 0. The summed E-state index contributed by atoms with van der Waals surface area (Å²) in [6.45, 7) is 6.19. The maximum absolute atomic E-state index is 12.8. The summed E-state index contributed by atoms with van der Waals surface area (Å²) in [6, 6.07) is 0. The third-order valence-corrected chi connectivity index (χ3v) is 9.35. The van der Waals surface area contributed by atoms with Gasteiger partial charge < -0.3 is 14.2 Å². The molecule has 0 N–H and O–H groups in total. The van der Waals surface area contributed by atoms with Crippen molar-refractivity contribution in [3.63, 3.8) is 0 Å². The minimum Gasteiger partial charge on any atom is -0.462 e. The Balaban J connectivity index is 4.64. The van der Waals surface area contributed by atoms with E-state index in [0.717, 1.165) is 70.6 Å². The van der Waals surface area contributed by atoms with Crippen molar-refractivity contribution in [3.8, 4) is 0 Å². The molecular formula is C56H84O6. The second-order valence-corrected chi connectivity index (χ2v) is 15.2. The Morgan fingerprint density at radius 2 is 0.661 bits per heavy atom. The van der Waals surface area contributed by atoms with E-state index in [9.17, 15) is 14.4 Å². The first-order valence-electron chi connectivity index (χ1n) is 24.0. The van der Waals surface area contributed by atoms with Crippen LogP contribution in [0.3, 0.4) is 0 Å². The van der Waals surface area contributed by atoms with Gasteiger partial charge in [0.15, 0.2) is 6.10 Å². The Labute approximate surface area is 378 Å². The van der Waals surface area contributed by atoms with Gasteiger partial charge in [0.1, 0.15) is 13.2 Å². The fraction of sp³-hybridized carbons (Fsp3) is 0.518. The third-order valence-electron chi connectivity index (χ3n) is 9.35. The van der Waals surface area contributed by atoms with Gasteiger partial charge in [-0.25, -0.2) is 0 Å². The highest BCUT2D eigenvalue weighted by Crippen LogP contribution is 2.12. The van der Waals surface area contributed by atoms with Crippen LogP contribution in [0.25, 0.3) is 0 Å². The van der Waals surface area contributed by atoms with E-state index in [0.29, 0.717) is 12.8 Å². The Kier molecular flexibility index (Phi) is 45.2. The Bertz CT molecular complexity index is 1440. The molecule has 0 saturated heterocycles. The third kappa shape index (κ3) is 46.4. The highest BCUT2D eigenvalue weighted by molar-refractivity contribution is 5.71. The Hall–Kier alpha value is -4.71. The summed E-state index contributed by atoms with van der Waals surface area (Å²) in [5, 5.41) is 0. The van der Waals surface area contributed by atoms with Crippen molar-refractivity contribution in [2.75, 3.05) is 13.2 Å². The van der Waals surface area contributed by atoms with Gasteiger partial charge in [0, 0.05) is 19.3 Å². The molecule has 6 nitrogen and oxygen atoms in total. The molecule has 0 heterocycles. The summed E-state index contributed by atoms with van der Waals surface area (Å²) >= 11 is 0. The molecule has 0 aromatic heterocycles. The average Bonchev–Trinajstić information content (AvgIpc) is 3.27. The molecule has 0 radical (unpaired) electrons.